The summed E-state index contributed by atoms with van der Waals surface area (Å²) in [5.41, 5.74) is 1.19. The topological polar surface area (TPSA) is 71.3 Å². The minimum atomic E-state index is -0.957. The number of halogens is 1. The van der Waals surface area contributed by atoms with E-state index in [4.69, 9.17) is 16.7 Å². The number of nitrogens with zero attached hydrogens (tertiary/aromatic N) is 1. The van der Waals surface area contributed by atoms with Crippen LogP contribution < -0.4 is 5.32 Å². The number of benzene rings is 1. The summed E-state index contributed by atoms with van der Waals surface area (Å²) >= 11 is 6.25. The largest absolute Gasteiger partial charge is 0.481 e. The van der Waals surface area contributed by atoms with Crippen LogP contribution in [0.4, 0.5) is 0 Å². The molecule has 1 amide bonds. The average molecular weight is 295 g/mol. The van der Waals surface area contributed by atoms with E-state index in [1.165, 1.54) is 0 Å². The van der Waals surface area contributed by atoms with Gasteiger partial charge in [-0.15, -0.1) is 0 Å². The van der Waals surface area contributed by atoms with E-state index >= 15 is 0 Å². The van der Waals surface area contributed by atoms with Crippen LogP contribution in [0.5, 0.6) is 0 Å². The maximum atomic E-state index is 12.2. The molecule has 0 spiro atoms. The smallest absolute Gasteiger partial charge is 0.305 e. The molecule has 0 bridgehead atoms. The lowest BCUT2D eigenvalue weighted by Gasteiger charge is -2.12. The van der Waals surface area contributed by atoms with Gasteiger partial charge in [-0.1, -0.05) is 29.8 Å². The lowest BCUT2D eigenvalue weighted by Crippen LogP contribution is -2.35. The molecule has 1 aromatic heterocycles. The fourth-order valence-electron chi connectivity index (χ4n) is 2.20. The molecular weight excluding hydrogens is 280 g/mol. The second kappa shape index (κ2) is 5.54. The second-order valence-electron chi connectivity index (χ2n) is 4.71. The number of nitrogens with one attached hydrogen (secondary N) is 1. The Morgan fingerprint density at radius 2 is 2.05 bits per heavy atom. The molecule has 0 saturated heterocycles. The van der Waals surface area contributed by atoms with Crippen molar-refractivity contribution in [1.82, 2.24) is 9.88 Å². The number of para-hydroxylation sites is 1. The van der Waals surface area contributed by atoms with Crippen molar-refractivity contribution in [1.29, 1.82) is 0 Å². The third-order valence-corrected chi connectivity index (χ3v) is 3.50. The first-order valence-corrected chi connectivity index (χ1v) is 6.55. The number of fused-ring (bicyclic) bond motifs is 1. The third-order valence-electron chi connectivity index (χ3n) is 3.12. The number of aryl methyl sites for hydroxylation is 1. The van der Waals surface area contributed by atoms with Crippen LogP contribution in [0.1, 0.15) is 23.8 Å². The zero-order valence-electron chi connectivity index (χ0n) is 11.2. The van der Waals surface area contributed by atoms with E-state index < -0.39 is 12.0 Å². The Labute approximate surface area is 121 Å². The Kier molecular flexibility index (Phi) is 3.99. The van der Waals surface area contributed by atoms with Crippen LogP contribution in [0, 0.1) is 0 Å². The summed E-state index contributed by atoms with van der Waals surface area (Å²) in [5.74, 6) is -1.33. The maximum absolute atomic E-state index is 12.2. The Morgan fingerprint density at radius 3 is 2.65 bits per heavy atom. The summed E-state index contributed by atoms with van der Waals surface area (Å²) in [7, 11) is 1.75. The van der Waals surface area contributed by atoms with E-state index in [0.717, 1.165) is 10.9 Å². The molecular formula is C14H15ClN2O3. The van der Waals surface area contributed by atoms with Crippen molar-refractivity contribution in [2.45, 2.75) is 19.4 Å². The van der Waals surface area contributed by atoms with E-state index in [1.54, 1.807) is 18.5 Å². The predicted octanol–water partition coefficient (Wildman–Crippen LogP) is 2.42. The minimum absolute atomic E-state index is 0.132. The van der Waals surface area contributed by atoms with Gasteiger partial charge in [-0.25, -0.2) is 0 Å². The van der Waals surface area contributed by atoms with E-state index in [0.29, 0.717) is 10.7 Å². The highest BCUT2D eigenvalue weighted by molar-refractivity contribution is 6.38. The number of aliphatic carboxylic acids is 1. The number of carbonyl (C=O) groups is 2. The summed E-state index contributed by atoms with van der Waals surface area (Å²) in [5, 5.41) is 12.5. The summed E-state index contributed by atoms with van der Waals surface area (Å²) in [6.45, 7) is 1.64. The van der Waals surface area contributed by atoms with Crippen molar-refractivity contribution in [3.05, 3.63) is 35.0 Å². The Morgan fingerprint density at radius 1 is 1.40 bits per heavy atom. The van der Waals surface area contributed by atoms with Gasteiger partial charge in [-0.3, -0.25) is 9.59 Å². The summed E-state index contributed by atoms with van der Waals surface area (Å²) < 4.78 is 1.71. The second-order valence-corrected chi connectivity index (χ2v) is 5.09. The van der Waals surface area contributed by atoms with Crippen LogP contribution in [0.25, 0.3) is 10.9 Å². The average Bonchev–Trinajstić information content (AvgIpc) is 2.61. The number of carbonyl (C=O) groups excluding carboxylic acids is 1. The van der Waals surface area contributed by atoms with Gasteiger partial charge in [-0.05, 0) is 13.0 Å². The molecule has 5 nitrogen and oxygen atoms in total. The van der Waals surface area contributed by atoms with E-state index in [1.807, 2.05) is 24.3 Å². The van der Waals surface area contributed by atoms with Gasteiger partial charge in [-0.2, -0.15) is 0 Å². The van der Waals surface area contributed by atoms with Crippen molar-refractivity contribution in [3.63, 3.8) is 0 Å². The first kappa shape index (κ1) is 14.4. The standard InChI is InChI=1S/C14H15ClN2O3/c1-8(7-11(18)19)16-14(20)13-12(15)9-5-3-4-6-10(9)17(13)2/h3-6,8H,7H2,1-2H3,(H,16,20)(H,18,19). The van der Waals surface area contributed by atoms with Crippen LogP contribution in [-0.2, 0) is 11.8 Å². The zero-order valence-corrected chi connectivity index (χ0v) is 11.9. The van der Waals surface area contributed by atoms with Crippen LogP contribution in [0.3, 0.4) is 0 Å². The molecule has 6 heteroatoms. The number of hydrogen-bond acceptors (Lipinski definition) is 2. The van der Waals surface area contributed by atoms with Gasteiger partial charge in [0.1, 0.15) is 5.69 Å². The third kappa shape index (κ3) is 2.63. The predicted molar refractivity (Wildman–Crippen MR) is 77.1 cm³/mol. The lowest BCUT2D eigenvalue weighted by molar-refractivity contribution is -0.137. The van der Waals surface area contributed by atoms with Gasteiger partial charge in [0.2, 0.25) is 0 Å². The Balaban J connectivity index is 2.33. The molecule has 0 fully saturated rings. The summed E-state index contributed by atoms with van der Waals surface area (Å²) in [4.78, 5) is 22.9. The van der Waals surface area contributed by atoms with Crippen LogP contribution in [0.15, 0.2) is 24.3 Å². The number of rotatable bonds is 4. The number of amides is 1. The normalized spacial score (nSPS) is 12.3. The summed E-state index contributed by atoms with van der Waals surface area (Å²) in [6, 6.07) is 6.97. The molecule has 1 heterocycles. The molecule has 0 saturated carbocycles. The van der Waals surface area contributed by atoms with Crippen LogP contribution in [-0.4, -0.2) is 27.6 Å². The van der Waals surface area contributed by atoms with Crippen molar-refractivity contribution in [3.8, 4) is 0 Å². The molecule has 2 N–H and O–H groups in total. The van der Waals surface area contributed by atoms with Crippen molar-refractivity contribution >= 4 is 34.4 Å². The monoisotopic (exact) mass is 294 g/mol. The molecule has 0 aliphatic heterocycles. The highest BCUT2D eigenvalue weighted by Gasteiger charge is 2.21. The molecule has 0 aliphatic carbocycles. The van der Waals surface area contributed by atoms with Gasteiger partial charge in [0.05, 0.1) is 11.4 Å². The molecule has 106 valence electrons. The van der Waals surface area contributed by atoms with Gasteiger partial charge < -0.3 is 15.0 Å². The van der Waals surface area contributed by atoms with Crippen LogP contribution >= 0.6 is 11.6 Å². The van der Waals surface area contributed by atoms with Gasteiger partial charge in [0, 0.05) is 24.0 Å². The molecule has 0 radical (unpaired) electrons. The molecule has 1 atom stereocenters. The summed E-state index contributed by atoms with van der Waals surface area (Å²) in [6.07, 6.45) is -0.132. The molecule has 20 heavy (non-hydrogen) atoms. The lowest BCUT2D eigenvalue weighted by atomic mass is 10.2. The van der Waals surface area contributed by atoms with Gasteiger partial charge in [0.15, 0.2) is 0 Å². The van der Waals surface area contributed by atoms with Gasteiger partial charge in [0.25, 0.3) is 5.91 Å². The van der Waals surface area contributed by atoms with Crippen molar-refractivity contribution in [2.75, 3.05) is 0 Å². The first-order chi connectivity index (χ1) is 9.41. The van der Waals surface area contributed by atoms with Crippen molar-refractivity contribution in [2.24, 2.45) is 7.05 Å². The first-order valence-electron chi connectivity index (χ1n) is 6.17. The Bertz CT molecular complexity index is 639. The molecule has 2 aromatic rings. The fourth-order valence-corrected chi connectivity index (χ4v) is 2.58. The zero-order chi connectivity index (χ0) is 14.9. The van der Waals surface area contributed by atoms with Gasteiger partial charge >= 0.3 is 5.97 Å². The quantitative estimate of drug-likeness (QED) is 0.910. The highest BCUT2D eigenvalue weighted by Crippen LogP contribution is 2.29. The van der Waals surface area contributed by atoms with E-state index in [9.17, 15) is 9.59 Å². The number of aromatic nitrogens is 1. The Hall–Kier alpha value is -2.01. The molecule has 2 rings (SSSR count). The van der Waals surface area contributed by atoms with Crippen LogP contribution in [0.2, 0.25) is 5.02 Å². The van der Waals surface area contributed by atoms with E-state index in [-0.39, 0.29) is 12.3 Å². The molecule has 1 aromatic carbocycles. The SMILES string of the molecule is CC(CC(=O)O)NC(=O)c1c(Cl)c2ccccc2n1C. The fraction of sp³-hybridized carbons (Fsp3) is 0.286. The maximum Gasteiger partial charge on any atom is 0.305 e. The highest BCUT2D eigenvalue weighted by atomic mass is 35.5. The minimum Gasteiger partial charge on any atom is -0.481 e. The molecule has 0 aliphatic rings. The number of carboxylic acid groups (broad SMARTS) is 1. The molecule has 1 unspecified atom stereocenters. The number of hydrogen-bond donors (Lipinski definition) is 2. The number of carboxylic acids is 1. The van der Waals surface area contributed by atoms with Crippen molar-refractivity contribution < 1.29 is 14.7 Å². The van der Waals surface area contributed by atoms with E-state index in [2.05, 4.69) is 5.32 Å².